The summed E-state index contributed by atoms with van der Waals surface area (Å²) in [5.41, 5.74) is -0.615. The van der Waals surface area contributed by atoms with Gasteiger partial charge in [-0.3, -0.25) is 9.59 Å². The van der Waals surface area contributed by atoms with E-state index in [0.717, 1.165) is 0 Å². The number of hydrogen-bond donors (Lipinski definition) is 3. The summed E-state index contributed by atoms with van der Waals surface area (Å²) in [6, 6.07) is 0. The fraction of sp³-hybridized carbons (Fsp3) is 0.786. The predicted octanol–water partition coefficient (Wildman–Crippen LogP) is -0.593. The van der Waals surface area contributed by atoms with Crippen molar-refractivity contribution in [3.63, 3.8) is 0 Å². The molecular formula is C14H27N3O6. The van der Waals surface area contributed by atoms with Gasteiger partial charge in [-0.2, -0.15) is 0 Å². The smallest absolute Gasteiger partial charge is 0.408 e. The Morgan fingerprint density at radius 2 is 1.52 bits per heavy atom. The summed E-state index contributed by atoms with van der Waals surface area (Å²) in [5.74, 6) is -0.649. The van der Waals surface area contributed by atoms with E-state index in [1.807, 2.05) is 0 Å². The maximum atomic E-state index is 11.5. The molecule has 0 spiro atoms. The molecule has 0 saturated carbocycles. The Bertz CT molecular complexity index is 381. The van der Waals surface area contributed by atoms with Gasteiger partial charge in [0.1, 0.15) is 12.2 Å². The number of alkyl carbamates (subject to hydrolysis) is 1. The highest BCUT2D eigenvalue weighted by molar-refractivity contribution is 5.82. The van der Waals surface area contributed by atoms with Gasteiger partial charge in [0, 0.05) is 20.2 Å². The first-order valence-corrected chi connectivity index (χ1v) is 7.31. The monoisotopic (exact) mass is 333 g/mol. The molecule has 3 amide bonds. The second kappa shape index (κ2) is 11.7. The van der Waals surface area contributed by atoms with Crippen molar-refractivity contribution in [3.05, 3.63) is 0 Å². The van der Waals surface area contributed by atoms with Crippen LogP contribution in [0.4, 0.5) is 4.79 Å². The zero-order valence-electron chi connectivity index (χ0n) is 14.2. The van der Waals surface area contributed by atoms with Gasteiger partial charge >= 0.3 is 6.09 Å². The SMILES string of the molecule is COCCOCC(=O)NCCNC(=O)CNC(=O)OC(C)(C)C. The maximum absolute atomic E-state index is 11.5. The van der Waals surface area contributed by atoms with Crippen LogP contribution in [0, 0.1) is 0 Å². The van der Waals surface area contributed by atoms with Crippen LogP contribution in [0.5, 0.6) is 0 Å². The fourth-order valence-electron chi connectivity index (χ4n) is 1.29. The molecule has 3 N–H and O–H groups in total. The highest BCUT2D eigenvalue weighted by Gasteiger charge is 2.16. The van der Waals surface area contributed by atoms with Crippen molar-refractivity contribution >= 4 is 17.9 Å². The third-order valence-electron chi connectivity index (χ3n) is 2.23. The molecule has 0 bridgehead atoms. The Balaban J connectivity index is 3.60. The second-order valence-electron chi connectivity index (χ2n) is 5.60. The average Bonchev–Trinajstić information content (AvgIpc) is 2.44. The second-order valence-corrected chi connectivity index (χ2v) is 5.60. The van der Waals surface area contributed by atoms with Crippen LogP contribution in [0.15, 0.2) is 0 Å². The first kappa shape index (κ1) is 21.1. The fourth-order valence-corrected chi connectivity index (χ4v) is 1.29. The molecule has 0 saturated heterocycles. The molecule has 0 radical (unpaired) electrons. The quantitative estimate of drug-likeness (QED) is 0.460. The molecule has 9 nitrogen and oxygen atoms in total. The van der Waals surface area contributed by atoms with Gasteiger partial charge in [-0.25, -0.2) is 4.79 Å². The highest BCUT2D eigenvalue weighted by atomic mass is 16.6. The van der Waals surface area contributed by atoms with Crippen molar-refractivity contribution in [1.29, 1.82) is 0 Å². The normalized spacial score (nSPS) is 10.8. The van der Waals surface area contributed by atoms with Crippen molar-refractivity contribution in [2.24, 2.45) is 0 Å². The number of carbonyl (C=O) groups is 3. The summed E-state index contributed by atoms with van der Waals surface area (Å²) < 4.78 is 14.8. The van der Waals surface area contributed by atoms with Gasteiger partial charge in [0.2, 0.25) is 11.8 Å². The summed E-state index contributed by atoms with van der Waals surface area (Å²) in [6.07, 6.45) is -0.658. The first-order valence-electron chi connectivity index (χ1n) is 7.31. The van der Waals surface area contributed by atoms with Crippen LogP contribution < -0.4 is 16.0 Å². The Hall–Kier alpha value is -1.87. The van der Waals surface area contributed by atoms with Gasteiger partial charge < -0.3 is 30.2 Å². The summed E-state index contributed by atoms with van der Waals surface area (Å²) >= 11 is 0. The lowest BCUT2D eigenvalue weighted by atomic mass is 10.2. The third kappa shape index (κ3) is 14.8. The number of methoxy groups -OCH3 is 1. The van der Waals surface area contributed by atoms with E-state index in [0.29, 0.717) is 13.2 Å². The van der Waals surface area contributed by atoms with Crippen molar-refractivity contribution in [2.75, 3.05) is 46.6 Å². The van der Waals surface area contributed by atoms with Crippen LogP contribution >= 0.6 is 0 Å². The van der Waals surface area contributed by atoms with E-state index < -0.39 is 11.7 Å². The van der Waals surface area contributed by atoms with E-state index in [2.05, 4.69) is 16.0 Å². The zero-order chi connectivity index (χ0) is 17.7. The molecule has 0 aromatic heterocycles. The molecule has 0 unspecified atom stereocenters. The number of amides is 3. The van der Waals surface area contributed by atoms with Crippen LogP contribution in [0.2, 0.25) is 0 Å². The minimum atomic E-state index is -0.658. The van der Waals surface area contributed by atoms with Gasteiger partial charge in [-0.1, -0.05) is 0 Å². The van der Waals surface area contributed by atoms with Crippen LogP contribution in [-0.4, -0.2) is 70.1 Å². The number of nitrogens with one attached hydrogen (secondary N) is 3. The van der Waals surface area contributed by atoms with Crippen LogP contribution in [-0.2, 0) is 23.8 Å². The van der Waals surface area contributed by atoms with Gasteiger partial charge in [0.15, 0.2) is 0 Å². The number of rotatable bonds is 10. The minimum absolute atomic E-state index is 0.0580. The molecule has 23 heavy (non-hydrogen) atoms. The van der Waals surface area contributed by atoms with E-state index in [-0.39, 0.29) is 38.1 Å². The molecule has 0 aromatic carbocycles. The van der Waals surface area contributed by atoms with E-state index in [9.17, 15) is 14.4 Å². The molecule has 0 heterocycles. The molecular weight excluding hydrogens is 306 g/mol. The van der Waals surface area contributed by atoms with Crippen LogP contribution in [0.1, 0.15) is 20.8 Å². The first-order chi connectivity index (χ1) is 10.7. The molecule has 0 atom stereocenters. The maximum Gasteiger partial charge on any atom is 0.408 e. The molecule has 0 aliphatic rings. The highest BCUT2D eigenvalue weighted by Crippen LogP contribution is 2.05. The molecule has 0 rings (SSSR count). The molecule has 9 heteroatoms. The molecule has 0 aliphatic carbocycles. The summed E-state index contributed by atoms with van der Waals surface area (Å²) in [5, 5.41) is 7.46. The molecule has 0 fully saturated rings. The Morgan fingerprint density at radius 3 is 2.09 bits per heavy atom. The van der Waals surface area contributed by atoms with Gasteiger partial charge in [-0.05, 0) is 20.8 Å². The number of carbonyl (C=O) groups excluding carboxylic acids is 3. The Labute approximate surface area is 136 Å². The molecule has 134 valence electrons. The van der Waals surface area contributed by atoms with Crippen molar-refractivity contribution in [2.45, 2.75) is 26.4 Å². The van der Waals surface area contributed by atoms with Gasteiger partial charge in [0.05, 0.1) is 19.8 Å². The summed E-state index contributed by atoms with van der Waals surface area (Å²) in [7, 11) is 1.55. The van der Waals surface area contributed by atoms with Crippen LogP contribution in [0.25, 0.3) is 0 Å². The lowest BCUT2D eigenvalue weighted by Crippen LogP contribution is -2.42. The largest absolute Gasteiger partial charge is 0.444 e. The Morgan fingerprint density at radius 1 is 0.913 bits per heavy atom. The van der Waals surface area contributed by atoms with Crippen LogP contribution in [0.3, 0.4) is 0 Å². The van der Waals surface area contributed by atoms with E-state index in [1.165, 1.54) is 0 Å². The third-order valence-corrected chi connectivity index (χ3v) is 2.23. The number of hydrogen-bond acceptors (Lipinski definition) is 6. The molecule has 0 aromatic rings. The zero-order valence-corrected chi connectivity index (χ0v) is 14.2. The average molecular weight is 333 g/mol. The van der Waals surface area contributed by atoms with Gasteiger partial charge in [0.25, 0.3) is 0 Å². The van der Waals surface area contributed by atoms with E-state index >= 15 is 0 Å². The summed E-state index contributed by atoms with van der Waals surface area (Å²) in [6.45, 7) is 6.23. The van der Waals surface area contributed by atoms with E-state index in [4.69, 9.17) is 14.2 Å². The van der Waals surface area contributed by atoms with Crippen molar-refractivity contribution < 1.29 is 28.6 Å². The minimum Gasteiger partial charge on any atom is -0.444 e. The predicted molar refractivity (Wildman–Crippen MR) is 83.0 cm³/mol. The standard InChI is InChI=1S/C14H27N3O6/c1-14(2,3)23-13(20)17-9-11(18)15-5-6-16-12(19)10-22-8-7-21-4/h5-10H2,1-4H3,(H,15,18)(H,16,19)(H,17,20). The van der Waals surface area contributed by atoms with E-state index in [1.54, 1.807) is 27.9 Å². The lowest BCUT2D eigenvalue weighted by Gasteiger charge is -2.19. The summed E-state index contributed by atoms with van der Waals surface area (Å²) in [4.78, 5) is 34.1. The topological polar surface area (TPSA) is 115 Å². The number of ether oxygens (including phenoxy) is 3. The molecule has 0 aliphatic heterocycles. The Kier molecular flexibility index (Phi) is 10.7. The van der Waals surface area contributed by atoms with Crippen molar-refractivity contribution in [3.8, 4) is 0 Å². The van der Waals surface area contributed by atoms with Gasteiger partial charge in [-0.15, -0.1) is 0 Å². The van der Waals surface area contributed by atoms with Crippen molar-refractivity contribution in [1.82, 2.24) is 16.0 Å². The lowest BCUT2D eigenvalue weighted by molar-refractivity contribution is -0.126.